The Morgan fingerprint density at radius 3 is 2.78 bits per heavy atom. The van der Waals surface area contributed by atoms with Crippen molar-refractivity contribution in [2.45, 2.75) is 19.3 Å². The van der Waals surface area contributed by atoms with Crippen LogP contribution in [0.5, 0.6) is 0 Å². The third-order valence-corrected chi connectivity index (χ3v) is 3.23. The first kappa shape index (κ1) is 12.6. The number of hydrogen-bond acceptors (Lipinski definition) is 3. The maximum absolute atomic E-state index is 11.9. The van der Waals surface area contributed by atoms with Crippen molar-refractivity contribution in [3.63, 3.8) is 0 Å². The van der Waals surface area contributed by atoms with Crippen LogP contribution in [0.1, 0.15) is 24.8 Å². The topological polar surface area (TPSA) is 55.4 Å². The molecule has 4 nitrogen and oxygen atoms in total. The van der Waals surface area contributed by atoms with E-state index in [0.717, 1.165) is 5.56 Å². The number of amides is 1. The van der Waals surface area contributed by atoms with E-state index < -0.39 is 0 Å². The van der Waals surface area contributed by atoms with Crippen LogP contribution in [-0.4, -0.2) is 25.0 Å². The maximum atomic E-state index is 11.9. The summed E-state index contributed by atoms with van der Waals surface area (Å²) in [5, 5.41) is 2.73. The first-order valence-electron chi connectivity index (χ1n) is 6.20. The highest BCUT2D eigenvalue weighted by Crippen LogP contribution is 2.31. The summed E-state index contributed by atoms with van der Waals surface area (Å²) in [5.74, 6) is -0.611. The maximum Gasteiger partial charge on any atom is 0.311 e. The molecule has 18 heavy (non-hydrogen) atoms. The van der Waals surface area contributed by atoms with Crippen molar-refractivity contribution < 1.29 is 14.3 Å². The molecule has 0 radical (unpaired) electrons. The fourth-order valence-electron chi connectivity index (χ4n) is 2.33. The molecule has 2 rings (SSSR count). The fraction of sp³-hybridized carbons (Fsp3) is 0.429. The number of carbonyl (C=O) groups is 2. The minimum atomic E-state index is -0.287. The van der Waals surface area contributed by atoms with E-state index in [9.17, 15) is 9.59 Å². The molecule has 0 aromatic heterocycles. The van der Waals surface area contributed by atoms with Crippen molar-refractivity contribution in [3.05, 3.63) is 35.9 Å². The molecule has 1 aliphatic rings. The quantitative estimate of drug-likeness (QED) is 0.823. The van der Waals surface area contributed by atoms with Gasteiger partial charge in [-0.3, -0.25) is 9.59 Å². The zero-order valence-corrected chi connectivity index (χ0v) is 10.4. The number of ether oxygens (including phenoxy) is 1. The largest absolute Gasteiger partial charge is 0.466 e. The van der Waals surface area contributed by atoms with Gasteiger partial charge in [0.1, 0.15) is 0 Å². The van der Waals surface area contributed by atoms with Crippen LogP contribution in [0.2, 0.25) is 0 Å². The number of esters is 1. The van der Waals surface area contributed by atoms with Gasteiger partial charge >= 0.3 is 5.97 Å². The van der Waals surface area contributed by atoms with Gasteiger partial charge in [0.05, 0.1) is 12.5 Å². The van der Waals surface area contributed by atoms with Gasteiger partial charge in [0.15, 0.2) is 0 Å². The molecule has 1 heterocycles. The molecule has 0 bridgehead atoms. The molecule has 1 saturated heterocycles. The van der Waals surface area contributed by atoms with Crippen LogP contribution in [0.25, 0.3) is 0 Å². The highest BCUT2D eigenvalue weighted by Gasteiger charge is 2.36. The van der Waals surface area contributed by atoms with Gasteiger partial charge in [-0.05, 0) is 12.5 Å². The van der Waals surface area contributed by atoms with E-state index >= 15 is 0 Å². The Balaban J connectivity index is 2.21. The van der Waals surface area contributed by atoms with Crippen LogP contribution in [-0.2, 0) is 14.3 Å². The second-order valence-electron chi connectivity index (χ2n) is 4.38. The van der Waals surface area contributed by atoms with Gasteiger partial charge in [0, 0.05) is 18.9 Å². The first-order chi connectivity index (χ1) is 8.72. The molecule has 4 heteroatoms. The molecule has 0 aliphatic carbocycles. The molecule has 0 unspecified atom stereocenters. The summed E-state index contributed by atoms with van der Waals surface area (Å²) in [5.41, 5.74) is 1.02. The number of rotatable bonds is 3. The summed E-state index contributed by atoms with van der Waals surface area (Å²) < 4.78 is 5.08. The van der Waals surface area contributed by atoms with Gasteiger partial charge in [-0.25, -0.2) is 0 Å². The van der Waals surface area contributed by atoms with Crippen molar-refractivity contribution >= 4 is 11.9 Å². The Morgan fingerprint density at radius 2 is 2.11 bits per heavy atom. The molecule has 2 atom stereocenters. The third-order valence-electron chi connectivity index (χ3n) is 3.23. The number of carbonyl (C=O) groups excluding carboxylic acids is 2. The molecule has 1 aromatic rings. The Hall–Kier alpha value is -1.84. The van der Waals surface area contributed by atoms with E-state index in [1.165, 1.54) is 0 Å². The van der Waals surface area contributed by atoms with Gasteiger partial charge in [0.25, 0.3) is 0 Å². The van der Waals surface area contributed by atoms with Gasteiger partial charge in [0.2, 0.25) is 5.91 Å². The summed E-state index contributed by atoms with van der Waals surface area (Å²) >= 11 is 0. The van der Waals surface area contributed by atoms with E-state index in [-0.39, 0.29) is 23.7 Å². The van der Waals surface area contributed by atoms with Crippen LogP contribution in [0.15, 0.2) is 30.3 Å². The van der Waals surface area contributed by atoms with Crippen LogP contribution in [0, 0.1) is 5.92 Å². The Labute approximate surface area is 106 Å². The van der Waals surface area contributed by atoms with Crippen molar-refractivity contribution in [3.8, 4) is 0 Å². The first-order valence-corrected chi connectivity index (χ1v) is 6.20. The SMILES string of the molecule is CCOC(=O)[C@H]1CNC(=O)C[C@H]1c1ccccc1. The second-order valence-corrected chi connectivity index (χ2v) is 4.38. The molecular formula is C14H17NO3. The summed E-state index contributed by atoms with van der Waals surface area (Å²) in [6.45, 7) is 2.51. The van der Waals surface area contributed by atoms with Crippen LogP contribution in [0.3, 0.4) is 0 Å². The van der Waals surface area contributed by atoms with Gasteiger partial charge in [-0.15, -0.1) is 0 Å². The Kier molecular flexibility index (Phi) is 3.97. The molecule has 1 aliphatic heterocycles. The minimum Gasteiger partial charge on any atom is -0.466 e. The predicted molar refractivity (Wildman–Crippen MR) is 66.9 cm³/mol. The fourth-order valence-corrected chi connectivity index (χ4v) is 2.33. The number of hydrogen-bond donors (Lipinski definition) is 1. The van der Waals surface area contributed by atoms with Crippen LogP contribution >= 0.6 is 0 Å². The Bertz CT molecular complexity index is 430. The third kappa shape index (κ3) is 2.70. The number of nitrogens with one attached hydrogen (secondary N) is 1. The van der Waals surface area contributed by atoms with E-state index in [1.807, 2.05) is 30.3 Å². The normalized spacial score (nSPS) is 23.3. The standard InChI is InChI=1S/C14H17NO3/c1-2-18-14(17)12-9-15-13(16)8-11(12)10-6-4-3-5-7-10/h3-7,11-12H,2,8-9H2,1H3,(H,15,16)/t11-,12-/m0/s1. The lowest BCUT2D eigenvalue weighted by atomic mass is 9.81. The highest BCUT2D eigenvalue weighted by atomic mass is 16.5. The number of piperidine rings is 1. The Morgan fingerprint density at radius 1 is 1.39 bits per heavy atom. The smallest absolute Gasteiger partial charge is 0.311 e. The summed E-state index contributed by atoms with van der Waals surface area (Å²) in [6.07, 6.45) is 0.341. The lowest BCUT2D eigenvalue weighted by molar-refractivity contribution is -0.150. The lowest BCUT2D eigenvalue weighted by Crippen LogP contribution is -2.43. The van der Waals surface area contributed by atoms with Crippen molar-refractivity contribution in [1.82, 2.24) is 5.32 Å². The second kappa shape index (κ2) is 5.67. The molecular weight excluding hydrogens is 230 g/mol. The molecule has 1 amide bonds. The van der Waals surface area contributed by atoms with E-state index in [4.69, 9.17) is 4.74 Å². The molecule has 96 valence electrons. The summed E-state index contributed by atoms with van der Waals surface area (Å²) in [6, 6.07) is 9.67. The van der Waals surface area contributed by atoms with Gasteiger partial charge in [-0.2, -0.15) is 0 Å². The minimum absolute atomic E-state index is 0.00981. The van der Waals surface area contributed by atoms with Crippen LogP contribution in [0.4, 0.5) is 0 Å². The predicted octanol–water partition coefficient (Wildman–Crippen LogP) is 1.47. The van der Waals surface area contributed by atoms with Crippen molar-refractivity contribution in [1.29, 1.82) is 0 Å². The van der Waals surface area contributed by atoms with E-state index in [0.29, 0.717) is 19.6 Å². The molecule has 0 saturated carbocycles. The molecule has 1 fully saturated rings. The highest BCUT2D eigenvalue weighted by molar-refractivity contribution is 5.83. The molecule has 1 N–H and O–H groups in total. The number of benzene rings is 1. The van der Waals surface area contributed by atoms with E-state index in [1.54, 1.807) is 6.92 Å². The molecule has 0 spiro atoms. The van der Waals surface area contributed by atoms with Crippen molar-refractivity contribution in [2.24, 2.45) is 5.92 Å². The van der Waals surface area contributed by atoms with Gasteiger partial charge in [-0.1, -0.05) is 30.3 Å². The monoisotopic (exact) mass is 247 g/mol. The average Bonchev–Trinajstić information content (AvgIpc) is 2.40. The average molecular weight is 247 g/mol. The summed E-state index contributed by atoms with van der Waals surface area (Å²) in [7, 11) is 0. The van der Waals surface area contributed by atoms with Crippen LogP contribution < -0.4 is 5.32 Å². The van der Waals surface area contributed by atoms with Crippen molar-refractivity contribution in [2.75, 3.05) is 13.2 Å². The molecule has 1 aromatic carbocycles. The van der Waals surface area contributed by atoms with E-state index in [2.05, 4.69) is 5.32 Å². The zero-order valence-electron chi connectivity index (χ0n) is 10.4. The summed E-state index contributed by atoms with van der Waals surface area (Å²) in [4.78, 5) is 23.4. The zero-order chi connectivity index (χ0) is 13.0. The lowest BCUT2D eigenvalue weighted by Gasteiger charge is -2.30. The van der Waals surface area contributed by atoms with Gasteiger partial charge < -0.3 is 10.1 Å².